The Labute approximate surface area is 155 Å². The van der Waals surface area contributed by atoms with Crippen molar-refractivity contribution in [3.8, 4) is 0 Å². The Kier molecular flexibility index (Phi) is 4.02. The molecule has 1 unspecified atom stereocenters. The summed E-state index contributed by atoms with van der Waals surface area (Å²) in [6.45, 7) is 10.7. The quantitative estimate of drug-likeness (QED) is 0.876. The molecule has 2 aliphatic heterocycles. The fraction of sp³-hybridized carbons (Fsp3) is 0.526. The van der Waals surface area contributed by atoms with Gasteiger partial charge in [-0.2, -0.15) is 9.40 Å². The lowest BCUT2D eigenvalue weighted by molar-refractivity contribution is 0.0807. The third-order valence-electron chi connectivity index (χ3n) is 5.76. The minimum atomic E-state index is -3.55. The number of nitrogens with zero attached hydrogens (tertiary/aromatic N) is 3. The van der Waals surface area contributed by atoms with E-state index in [1.165, 1.54) is 11.1 Å². The van der Waals surface area contributed by atoms with Gasteiger partial charge in [0.15, 0.2) is 0 Å². The van der Waals surface area contributed by atoms with Crippen molar-refractivity contribution in [2.24, 2.45) is 0 Å². The Balaban J connectivity index is 1.72. The van der Waals surface area contributed by atoms with Gasteiger partial charge in [-0.15, -0.1) is 0 Å². The normalized spacial score (nSPS) is 23.5. The smallest absolute Gasteiger partial charge is 0.246 e. The summed E-state index contributed by atoms with van der Waals surface area (Å²) in [7, 11) is -3.55. The summed E-state index contributed by atoms with van der Waals surface area (Å²) in [6.07, 6.45) is 0. The van der Waals surface area contributed by atoms with E-state index >= 15 is 0 Å². The largest absolute Gasteiger partial charge is 0.293 e. The van der Waals surface area contributed by atoms with Crippen molar-refractivity contribution >= 4 is 10.0 Å². The van der Waals surface area contributed by atoms with Gasteiger partial charge in [0, 0.05) is 37.6 Å². The Morgan fingerprint density at radius 2 is 1.92 bits per heavy atom. The first-order valence-electron chi connectivity index (χ1n) is 9.07. The summed E-state index contributed by atoms with van der Waals surface area (Å²) >= 11 is 0. The van der Waals surface area contributed by atoms with Crippen molar-refractivity contribution < 1.29 is 8.42 Å². The second kappa shape index (κ2) is 5.90. The van der Waals surface area contributed by atoms with Crippen LogP contribution in [0.15, 0.2) is 29.2 Å². The van der Waals surface area contributed by atoms with Crippen LogP contribution >= 0.6 is 0 Å². The molecule has 1 atom stereocenters. The summed E-state index contributed by atoms with van der Waals surface area (Å²) in [5, 5.41) is 6.87. The molecule has 0 bridgehead atoms. The predicted molar refractivity (Wildman–Crippen MR) is 101 cm³/mol. The standard InChI is InChI=1S/C19H26N4O2S/c1-13-18(14(2)21-20-13)26(24,25)23-10-9-22-12-19(3,4)16-8-6-5-7-15(16)17(22)11-23/h5-8,17H,9-12H2,1-4H3,(H,20,21). The highest BCUT2D eigenvalue weighted by molar-refractivity contribution is 7.89. The summed E-state index contributed by atoms with van der Waals surface area (Å²) in [6, 6.07) is 8.57. The highest BCUT2D eigenvalue weighted by atomic mass is 32.2. The van der Waals surface area contributed by atoms with Gasteiger partial charge in [0.25, 0.3) is 0 Å². The van der Waals surface area contributed by atoms with E-state index in [2.05, 4.69) is 53.2 Å². The molecule has 7 heteroatoms. The molecule has 6 nitrogen and oxygen atoms in total. The molecular formula is C19H26N4O2S. The number of hydrogen-bond acceptors (Lipinski definition) is 4. The number of nitrogens with one attached hydrogen (secondary N) is 1. The molecule has 1 N–H and O–H groups in total. The van der Waals surface area contributed by atoms with E-state index in [1.54, 1.807) is 18.2 Å². The van der Waals surface area contributed by atoms with Gasteiger partial charge in [0.1, 0.15) is 4.90 Å². The first-order chi connectivity index (χ1) is 12.2. The van der Waals surface area contributed by atoms with E-state index in [9.17, 15) is 8.42 Å². The molecule has 0 amide bonds. The molecule has 1 fully saturated rings. The van der Waals surface area contributed by atoms with E-state index in [0.717, 1.165) is 13.1 Å². The third kappa shape index (κ3) is 2.61. The highest BCUT2D eigenvalue weighted by Gasteiger charge is 2.43. The lowest BCUT2D eigenvalue weighted by Crippen LogP contribution is -2.55. The van der Waals surface area contributed by atoms with E-state index in [0.29, 0.717) is 29.4 Å². The second-order valence-corrected chi connectivity index (χ2v) is 9.96. The lowest BCUT2D eigenvalue weighted by Gasteiger charge is -2.49. The molecule has 4 rings (SSSR count). The van der Waals surface area contributed by atoms with Crippen LogP contribution in [0.3, 0.4) is 0 Å². The molecule has 0 radical (unpaired) electrons. The Morgan fingerprint density at radius 1 is 1.19 bits per heavy atom. The molecule has 0 spiro atoms. The van der Waals surface area contributed by atoms with Crippen LogP contribution in [0, 0.1) is 13.8 Å². The van der Waals surface area contributed by atoms with Crippen molar-refractivity contribution in [2.45, 2.75) is 44.0 Å². The Bertz CT molecular complexity index is 929. The molecular weight excluding hydrogens is 348 g/mol. The summed E-state index contributed by atoms with van der Waals surface area (Å²) in [4.78, 5) is 2.76. The number of piperazine rings is 1. The minimum Gasteiger partial charge on any atom is -0.293 e. The predicted octanol–water partition coefficient (Wildman–Crippen LogP) is 2.37. The van der Waals surface area contributed by atoms with Gasteiger partial charge in [-0.05, 0) is 25.0 Å². The van der Waals surface area contributed by atoms with Gasteiger partial charge in [0.2, 0.25) is 10.0 Å². The van der Waals surface area contributed by atoms with E-state index in [4.69, 9.17) is 0 Å². The second-order valence-electron chi connectivity index (χ2n) is 8.08. The van der Waals surface area contributed by atoms with E-state index in [-0.39, 0.29) is 11.5 Å². The number of fused-ring (bicyclic) bond motifs is 3. The van der Waals surface area contributed by atoms with Crippen molar-refractivity contribution in [1.82, 2.24) is 19.4 Å². The topological polar surface area (TPSA) is 69.3 Å². The van der Waals surface area contributed by atoms with Crippen LogP contribution < -0.4 is 0 Å². The molecule has 26 heavy (non-hydrogen) atoms. The fourth-order valence-electron chi connectivity index (χ4n) is 4.54. The average molecular weight is 375 g/mol. The third-order valence-corrected chi connectivity index (χ3v) is 7.89. The first-order valence-corrected chi connectivity index (χ1v) is 10.5. The number of hydrogen-bond donors (Lipinski definition) is 1. The SMILES string of the molecule is Cc1n[nH]c(C)c1S(=O)(=O)N1CCN2CC(C)(C)c3ccccc3C2C1. The molecule has 1 saturated heterocycles. The molecule has 0 saturated carbocycles. The van der Waals surface area contributed by atoms with Gasteiger partial charge < -0.3 is 0 Å². The van der Waals surface area contributed by atoms with Crippen LogP contribution in [-0.2, 0) is 15.4 Å². The van der Waals surface area contributed by atoms with E-state index in [1.807, 2.05) is 0 Å². The van der Waals surface area contributed by atoms with Gasteiger partial charge >= 0.3 is 0 Å². The molecule has 1 aromatic carbocycles. The van der Waals surface area contributed by atoms with Crippen LogP contribution in [0.1, 0.15) is 42.4 Å². The number of sulfonamides is 1. The Morgan fingerprint density at radius 3 is 2.62 bits per heavy atom. The molecule has 1 aromatic heterocycles. The zero-order chi connectivity index (χ0) is 18.7. The summed E-state index contributed by atoms with van der Waals surface area (Å²) in [5.41, 5.74) is 3.80. The van der Waals surface area contributed by atoms with Crippen LogP contribution in [0.4, 0.5) is 0 Å². The summed E-state index contributed by atoms with van der Waals surface area (Å²) in [5.74, 6) is 0. The molecule has 0 aliphatic carbocycles. The number of aromatic nitrogens is 2. The maximum absolute atomic E-state index is 13.3. The number of aryl methyl sites for hydroxylation is 2. The van der Waals surface area contributed by atoms with Gasteiger partial charge in [-0.1, -0.05) is 38.1 Å². The lowest BCUT2D eigenvalue weighted by atomic mass is 9.75. The molecule has 3 heterocycles. The van der Waals surface area contributed by atoms with Crippen molar-refractivity contribution in [3.05, 3.63) is 46.8 Å². The zero-order valence-corrected chi connectivity index (χ0v) is 16.6. The van der Waals surface area contributed by atoms with Gasteiger partial charge in [-0.25, -0.2) is 8.42 Å². The Hall–Kier alpha value is -1.70. The minimum absolute atomic E-state index is 0.0753. The van der Waals surface area contributed by atoms with Crippen LogP contribution in [0.2, 0.25) is 0 Å². The van der Waals surface area contributed by atoms with Crippen LogP contribution in [-0.4, -0.2) is 54.0 Å². The molecule has 140 valence electrons. The van der Waals surface area contributed by atoms with Crippen molar-refractivity contribution in [2.75, 3.05) is 26.2 Å². The summed E-state index contributed by atoms with van der Waals surface area (Å²) < 4.78 is 28.1. The first kappa shape index (κ1) is 17.7. The highest BCUT2D eigenvalue weighted by Crippen LogP contribution is 2.41. The number of benzene rings is 1. The molecule has 2 aromatic rings. The van der Waals surface area contributed by atoms with E-state index < -0.39 is 10.0 Å². The van der Waals surface area contributed by atoms with Gasteiger partial charge in [0.05, 0.1) is 11.4 Å². The maximum Gasteiger partial charge on any atom is 0.246 e. The number of H-pyrrole nitrogens is 1. The number of aromatic amines is 1. The fourth-order valence-corrected chi connectivity index (χ4v) is 6.31. The average Bonchev–Trinajstić information content (AvgIpc) is 2.93. The number of rotatable bonds is 2. The maximum atomic E-state index is 13.3. The van der Waals surface area contributed by atoms with Crippen LogP contribution in [0.25, 0.3) is 0 Å². The van der Waals surface area contributed by atoms with Gasteiger partial charge in [-0.3, -0.25) is 10.00 Å². The van der Waals surface area contributed by atoms with Crippen LogP contribution in [0.5, 0.6) is 0 Å². The zero-order valence-electron chi connectivity index (χ0n) is 15.8. The van der Waals surface area contributed by atoms with Crippen molar-refractivity contribution in [1.29, 1.82) is 0 Å². The monoisotopic (exact) mass is 374 g/mol. The van der Waals surface area contributed by atoms with Crippen molar-refractivity contribution in [3.63, 3.8) is 0 Å². The molecule has 2 aliphatic rings.